The zero-order valence-corrected chi connectivity index (χ0v) is 18.3. The van der Waals surface area contributed by atoms with Crippen LogP contribution in [0.1, 0.15) is 11.3 Å². The molecule has 0 unspecified atom stereocenters. The van der Waals surface area contributed by atoms with Gasteiger partial charge in [0.15, 0.2) is 5.16 Å². The standard InChI is InChI=1S/C22H22N6O2S/c1-15-7-9-17(10-8-15)28-20(11-16(2)26-28)24-21(29)13-31-22-25-23-14-27(22)18-5-4-6-19(12-18)30-3/h4-12,14H,13H2,1-3H3,(H,24,29). The number of ether oxygens (including phenoxy) is 1. The molecule has 0 aliphatic carbocycles. The van der Waals surface area contributed by atoms with Crippen LogP contribution < -0.4 is 10.1 Å². The van der Waals surface area contributed by atoms with Gasteiger partial charge >= 0.3 is 0 Å². The summed E-state index contributed by atoms with van der Waals surface area (Å²) in [4.78, 5) is 12.7. The molecule has 2 aromatic heterocycles. The van der Waals surface area contributed by atoms with Gasteiger partial charge in [-0.3, -0.25) is 9.36 Å². The van der Waals surface area contributed by atoms with Crippen LogP contribution in [0.4, 0.5) is 5.82 Å². The number of carbonyl (C=O) groups is 1. The number of hydrogen-bond donors (Lipinski definition) is 1. The van der Waals surface area contributed by atoms with Gasteiger partial charge in [-0.1, -0.05) is 35.5 Å². The van der Waals surface area contributed by atoms with E-state index in [0.29, 0.717) is 11.0 Å². The van der Waals surface area contributed by atoms with E-state index in [0.717, 1.165) is 28.4 Å². The second kappa shape index (κ2) is 9.05. The lowest BCUT2D eigenvalue weighted by atomic mass is 10.2. The van der Waals surface area contributed by atoms with Crippen molar-refractivity contribution in [1.29, 1.82) is 0 Å². The topological polar surface area (TPSA) is 86.9 Å². The molecule has 0 bridgehead atoms. The molecule has 9 heteroatoms. The highest BCUT2D eigenvalue weighted by Gasteiger charge is 2.14. The highest BCUT2D eigenvalue weighted by atomic mass is 32.2. The Kier molecular flexibility index (Phi) is 6.03. The number of aromatic nitrogens is 5. The summed E-state index contributed by atoms with van der Waals surface area (Å²) in [5, 5.41) is 16.2. The first-order valence-corrected chi connectivity index (χ1v) is 10.6. The van der Waals surface area contributed by atoms with E-state index in [4.69, 9.17) is 4.74 Å². The lowest BCUT2D eigenvalue weighted by molar-refractivity contribution is -0.113. The number of benzene rings is 2. The summed E-state index contributed by atoms with van der Waals surface area (Å²) >= 11 is 1.31. The normalized spacial score (nSPS) is 10.8. The zero-order chi connectivity index (χ0) is 21.8. The summed E-state index contributed by atoms with van der Waals surface area (Å²) in [7, 11) is 1.62. The number of methoxy groups -OCH3 is 1. The van der Waals surface area contributed by atoms with Crippen molar-refractivity contribution in [2.75, 3.05) is 18.2 Å². The monoisotopic (exact) mass is 434 g/mol. The molecule has 31 heavy (non-hydrogen) atoms. The van der Waals surface area contributed by atoms with Gasteiger partial charge < -0.3 is 10.1 Å². The van der Waals surface area contributed by atoms with Gasteiger partial charge in [-0.15, -0.1) is 10.2 Å². The number of aryl methyl sites for hydroxylation is 2. The van der Waals surface area contributed by atoms with Gasteiger partial charge in [0, 0.05) is 12.1 Å². The van der Waals surface area contributed by atoms with Gasteiger partial charge in [0.05, 0.1) is 29.9 Å². The Morgan fingerprint density at radius 3 is 2.68 bits per heavy atom. The molecule has 0 fully saturated rings. The molecule has 0 radical (unpaired) electrons. The smallest absolute Gasteiger partial charge is 0.236 e. The van der Waals surface area contributed by atoms with E-state index < -0.39 is 0 Å². The van der Waals surface area contributed by atoms with E-state index in [1.807, 2.05) is 73.0 Å². The molecular formula is C22H22N6O2S. The Labute approximate surface area is 184 Å². The Morgan fingerprint density at radius 2 is 1.90 bits per heavy atom. The zero-order valence-electron chi connectivity index (χ0n) is 17.4. The van der Waals surface area contributed by atoms with Gasteiger partial charge in [0.2, 0.25) is 5.91 Å². The van der Waals surface area contributed by atoms with Crippen molar-refractivity contribution in [2.45, 2.75) is 19.0 Å². The van der Waals surface area contributed by atoms with E-state index in [1.54, 1.807) is 18.1 Å². The molecule has 2 heterocycles. The third-order valence-electron chi connectivity index (χ3n) is 4.56. The predicted octanol–water partition coefficient (Wildman–Crippen LogP) is 3.81. The van der Waals surface area contributed by atoms with Gasteiger partial charge in [-0.2, -0.15) is 5.10 Å². The lowest BCUT2D eigenvalue weighted by Gasteiger charge is -2.10. The molecule has 1 amide bonds. The van der Waals surface area contributed by atoms with Gasteiger partial charge in [0.1, 0.15) is 17.9 Å². The van der Waals surface area contributed by atoms with Crippen LogP contribution in [0.5, 0.6) is 5.75 Å². The fourth-order valence-corrected chi connectivity index (χ4v) is 3.77. The third-order valence-corrected chi connectivity index (χ3v) is 5.50. The second-order valence-corrected chi connectivity index (χ2v) is 7.88. The molecule has 158 valence electrons. The SMILES string of the molecule is COc1cccc(-n2cnnc2SCC(=O)Nc2cc(C)nn2-c2ccc(C)cc2)c1. The van der Waals surface area contributed by atoms with E-state index in [2.05, 4.69) is 20.6 Å². The number of nitrogens with zero attached hydrogens (tertiary/aromatic N) is 5. The summed E-state index contributed by atoms with van der Waals surface area (Å²) in [6.07, 6.45) is 1.62. The number of rotatable bonds is 7. The largest absolute Gasteiger partial charge is 0.497 e. The maximum atomic E-state index is 12.7. The molecule has 0 atom stereocenters. The fourth-order valence-electron chi connectivity index (χ4n) is 3.04. The average Bonchev–Trinajstić information content (AvgIpc) is 3.39. The molecule has 0 saturated carbocycles. The van der Waals surface area contributed by atoms with E-state index in [9.17, 15) is 4.79 Å². The number of anilines is 1. The summed E-state index contributed by atoms with van der Waals surface area (Å²) in [5.41, 5.74) is 3.73. The Balaban J connectivity index is 1.46. The van der Waals surface area contributed by atoms with Crippen molar-refractivity contribution < 1.29 is 9.53 Å². The Morgan fingerprint density at radius 1 is 1.10 bits per heavy atom. The first-order chi connectivity index (χ1) is 15.0. The maximum absolute atomic E-state index is 12.7. The van der Waals surface area contributed by atoms with Crippen molar-refractivity contribution in [3.63, 3.8) is 0 Å². The van der Waals surface area contributed by atoms with Crippen molar-refractivity contribution >= 4 is 23.5 Å². The molecule has 4 aromatic rings. The van der Waals surface area contributed by atoms with E-state index in [1.165, 1.54) is 11.8 Å². The molecule has 0 spiro atoms. The van der Waals surface area contributed by atoms with Gasteiger partial charge in [0.25, 0.3) is 0 Å². The predicted molar refractivity (Wildman–Crippen MR) is 120 cm³/mol. The van der Waals surface area contributed by atoms with Crippen molar-refractivity contribution in [3.05, 3.63) is 72.2 Å². The highest BCUT2D eigenvalue weighted by Crippen LogP contribution is 2.23. The summed E-state index contributed by atoms with van der Waals surface area (Å²) in [6.45, 7) is 3.92. The average molecular weight is 435 g/mol. The maximum Gasteiger partial charge on any atom is 0.236 e. The molecule has 1 N–H and O–H groups in total. The third kappa shape index (κ3) is 4.77. The van der Waals surface area contributed by atoms with Crippen LogP contribution in [-0.2, 0) is 4.79 Å². The number of nitrogens with one attached hydrogen (secondary N) is 1. The van der Waals surface area contributed by atoms with Crippen molar-refractivity contribution in [1.82, 2.24) is 24.5 Å². The van der Waals surface area contributed by atoms with Crippen LogP contribution in [0.15, 0.2) is 66.1 Å². The Hall–Kier alpha value is -3.59. The summed E-state index contributed by atoms with van der Waals surface area (Å²) in [6, 6.07) is 17.4. The number of thioether (sulfide) groups is 1. The molecular weight excluding hydrogens is 412 g/mol. The molecule has 0 saturated heterocycles. The molecule has 4 rings (SSSR count). The van der Waals surface area contributed by atoms with Crippen LogP contribution in [0.25, 0.3) is 11.4 Å². The minimum absolute atomic E-state index is 0.154. The summed E-state index contributed by atoms with van der Waals surface area (Å²) < 4.78 is 8.83. The van der Waals surface area contributed by atoms with Crippen molar-refractivity contribution in [3.8, 4) is 17.1 Å². The first kappa shape index (κ1) is 20.7. The van der Waals surface area contributed by atoms with E-state index >= 15 is 0 Å². The van der Waals surface area contributed by atoms with Crippen LogP contribution in [0, 0.1) is 13.8 Å². The van der Waals surface area contributed by atoms with Crippen LogP contribution in [0.3, 0.4) is 0 Å². The molecule has 0 aliphatic heterocycles. The Bertz CT molecular complexity index is 1200. The minimum atomic E-state index is -0.154. The minimum Gasteiger partial charge on any atom is -0.497 e. The first-order valence-electron chi connectivity index (χ1n) is 9.64. The highest BCUT2D eigenvalue weighted by molar-refractivity contribution is 7.99. The van der Waals surface area contributed by atoms with Crippen LogP contribution in [-0.4, -0.2) is 43.3 Å². The van der Waals surface area contributed by atoms with Crippen molar-refractivity contribution in [2.24, 2.45) is 0 Å². The molecule has 2 aromatic carbocycles. The number of hydrogen-bond acceptors (Lipinski definition) is 6. The number of carbonyl (C=O) groups excluding carboxylic acids is 1. The quantitative estimate of drug-likeness (QED) is 0.445. The lowest BCUT2D eigenvalue weighted by Crippen LogP contribution is -2.17. The number of amides is 1. The molecule has 8 nitrogen and oxygen atoms in total. The van der Waals surface area contributed by atoms with E-state index in [-0.39, 0.29) is 11.7 Å². The second-order valence-electron chi connectivity index (χ2n) is 6.94. The van der Waals surface area contributed by atoms with Gasteiger partial charge in [-0.05, 0) is 38.1 Å². The molecule has 0 aliphatic rings. The van der Waals surface area contributed by atoms with Crippen LogP contribution in [0.2, 0.25) is 0 Å². The van der Waals surface area contributed by atoms with Gasteiger partial charge in [-0.25, -0.2) is 4.68 Å². The summed E-state index contributed by atoms with van der Waals surface area (Å²) in [5.74, 6) is 1.39. The van der Waals surface area contributed by atoms with Crippen LogP contribution >= 0.6 is 11.8 Å². The fraction of sp³-hybridized carbons (Fsp3) is 0.182.